The first-order valence-electron chi connectivity index (χ1n) is 9.06. The molecule has 0 aromatic rings. The van der Waals surface area contributed by atoms with Gasteiger partial charge in [-0.05, 0) is 74.8 Å². The second-order valence-electron chi connectivity index (χ2n) is 8.13. The number of hydrogen-bond donors (Lipinski definition) is 3. The fraction of sp³-hybridized carbons (Fsp3) is 1.00. The van der Waals surface area contributed by atoms with Crippen LogP contribution in [0.1, 0.15) is 72.1 Å². The van der Waals surface area contributed by atoms with Gasteiger partial charge >= 0.3 is 0 Å². The Balaban J connectivity index is 2.66. The molecule has 21 heavy (non-hydrogen) atoms. The quantitative estimate of drug-likeness (QED) is 0.611. The van der Waals surface area contributed by atoms with Crippen LogP contribution < -0.4 is 17.2 Å². The zero-order valence-electron chi connectivity index (χ0n) is 14.6. The van der Waals surface area contributed by atoms with E-state index in [1.54, 1.807) is 0 Å². The van der Waals surface area contributed by atoms with Gasteiger partial charge in [-0.3, -0.25) is 0 Å². The molecule has 1 rings (SSSR count). The molecule has 4 atom stereocenters. The van der Waals surface area contributed by atoms with Crippen LogP contribution in [0.25, 0.3) is 0 Å². The highest BCUT2D eigenvalue weighted by Gasteiger charge is 2.32. The van der Waals surface area contributed by atoms with Crippen LogP contribution in [-0.4, -0.2) is 19.1 Å². The van der Waals surface area contributed by atoms with E-state index in [1.165, 1.54) is 38.5 Å². The minimum Gasteiger partial charge on any atom is -0.330 e. The summed E-state index contributed by atoms with van der Waals surface area (Å²) in [6.45, 7) is 8.71. The number of nitrogens with two attached hydrogens (primary N) is 3. The van der Waals surface area contributed by atoms with Crippen LogP contribution in [0, 0.1) is 23.2 Å². The lowest BCUT2D eigenvalue weighted by atomic mass is 9.67. The molecule has 0 heterocycles. The van der Waals surface area contributed by atoms with Crippen LogP contribution in [0.5, 0.6) is 0 Å². The summed E-state index contributed by atoms with van der Waals surface area (Å²) in [4.78, 5) is 0. The molecular weight excluding hydrogens is 258 g/mol. The molecule has 0 radical (unpaired) electrons. The molecule has 3 nitrogen and oxygen atoms in total. The van der Waals surface area contributed by atoms with Crippen molar-refractivity contribution in [1.82, 2.24) is 0 Å². The van der Waals surface area contributed by atoms with Crippen molar-refractivity contribution in [3.8, 4) is 0 Å². The zero-order valence-corrected chi connectivity index (χ0v) is 14.6. The summed E-state index contributed by atoms with van der Waals surface area (Å²) in [5.41, 5.74) is 18.3. The Morgan fingerprint density at radius 1 is 1.14 bits per heavy atom. The third kappa shape index (κ3) is 6.66. The SMILES string of the molecule is CC(C)C(CCN)CC(C)(CCN)CC1CCCC(N)C1. The van der Waals surface area contributed by atoms with Gasteiger partial charge in [0.25, 0.3) is 0 Å². The maximum absolute atomic E-state index is 6.17. The van der Waals surface area contributed by atoms with E-state index in [9.17, 15) is 0 Å². The highest BCUT2D eigenvalue weighted by atomic mass is 14.6. The van der Waals surface area contributed by atoms with Crippen molar-refractivity contribution in [3.63, 3.8) is 0 Å². The Morgan fingerprint density at radius 2 is 1.86 bits per heavy atom. The van der Waals surface area contributed by atoms with Gasteiger partial charge in [-0.1, -0.05) is 33.6 Å². The Bertz CT molecular complexity index is 280. The van der Waals surface area contributed by atoms with Crippen molar-refractivity contribution >= 4 is 0 Å². The minimum absolute atomic E-state index is 0.362. The van der Waals surface area contributed by atoms with Gasteiger partial charge in [-0.15, -0.1) is 0 Å². The topological polar surface area (TPSA) is 78.1 Å². The smallest absolute Gasteiger partial charge is 0.00414 e. The van der Waals surface area contributed by atoms with Gasteiger partial charge in [0, 0.05) is 6.04 Å². The van der Waals surface area contributed by atoms with Gasteiger partial charge in [0.05, 0.1) is 0 Å². The summed E-state index contributed by atoms with van der Waals surface area (Å²) < 4.78 is 0. The van der Waals surface area contributed by atoms with E-state index in [4.69, 9.17) is 17.2 Å². The van der Waals surface area contributed by atoms with Crippen molar-refractivity contribution in [3.05, 3.63) is 0 Å². The molecule has 1 fully saturated rings. The summed E-state index contributed by atoms with van der Waals surface area (Å²) in [5.74, 6) is 2.24. The molecule has 1 saturated carbocycles. The maximum atomic E-state index is 6.17. The van der Waals surface area contributed by atoms with Crippen LogP contribution in [0.3, 0.4) is 0 Å². The standard InChI is InChI=1S/C18H39N3/c1-14(2)16(7-9-19)13-18(3,8-10-20)12-15-5-4-6-17(21)11-15/h14-17H,4-13,19-21H2,1-3H3. The van der Waals surface area contributed by atoms with E-state index in [2.05, 4.69) is 20.8 Å². The molecule has 126 valence electrons. The third-order valence-corrected chi connectivity index (χ3v) is 5.59. The van der Waals surface area contributed by atoms with E-state index < -0.39 is 0 Å². The van der Waals surface area contributed by atoms with Gasteiger partial charge in [0.2, 0.25) is 0 Å². The van der Waals surface area contributed by atoms with Gasteiger partial charge < -0.3 is 17.2 Å². The van der Waals surface area contributed by atoms with E-state index in [-0.39, 0.29) is 0 Å². The minimum atomic E-state index is 0.362. The lowest BCUT2D eigenvalue weighted by molar-refractivity contribution is 0.129. The second kappa shape index (κ2) is 9.12. The van der Waals surface area contributed by atoms with Crippen molar-refractivity contribution in [2.24, 2.45) is 40.4 Å². The molecular formula is C18H39N3. The molecule has 0 aromatic heterocycles. The van der Waals surface area contributed by atoms with Crippen LogP contribution in [-0.2, 0) is 0 Å². The van der Waals surface area contributed by atoms with Crippen LogP contribution in [0.15, 0.2) is 0 Å². The fourth-order valence-electron chi connectivity index (χ4n) is 4.37. The summed E-state index contributed by atoms with van der Waals surface area (Å²) in [5, 5.41) is 0. The lowest BCUT2D eigenvalue weighted by Gasteiger charge is -2.39. The van der Waals surface area contributed by atoms with Crippen molar-refractivity contribution in [1.29, 1.82) is 0 Å². The highest BCUT2D eigenvalue weighted by molar-refractivity contribution is 4.85. The van der Waals surface area contributed by atoms with E-state index >= 15 is 0 Å². The predicted octanol–water partition coefficient (Wildman–Crippen LogP) is 3.26. The van der Waals surface area contributed by atoms with E-state index in [0.29, 0.717) is 17.4 Å². The first-order valence-corrected chi connectivity index (χ1v) is 9.06. The summed E-state index contributed by atoms with van der Waals surface area (Å²) in [6, 6.07) is 0.427. The summed E-state index contributed by atoms with van der Waals surface area (Å²) in [6.07, 6.45) is 9.93. The average Bonchev–Trinajstić information content (AvgIpc) is 2.38. The third-order valence-electron chi connectivity index (χ3n) is 5.59. The van der Waals surface area contributed by atoms with Crippen LogP contribution in [0.4, 0.5) is 0 Å². The Morgan fingerprint density at radius 3 is 2.38 bits per heavy atom. The Hall–Kier alpha value is -0.120. The molecule has 1 aliphatic carbocycles. The normalized spacial score (nSPS) is 27.6. The highest BCUT2D eigenvalue weighted by Crippen LogP contribution is 2.42. The molecule has 0 amide bonds. The number of hydrogen-bond acceptors (Lipinski definition) is 3. The molecule has 6 N–H and O–H groups in total. The van der Waals surface area contributed by atoms with Crippen molar-refractivity contribution in [2.45, 2.75) is 78.2 Å². The van der Waals surface area contributed by atoms with Crippen LogP contribution in [0.2, 0.25) is 0 Å². The molecule has 1 aliphatic rings. The maximum Gasteiger partial charge on any atom is 0.00414 e. The molecule has 0 aromatic carbocycles. The van der Waals surface area contributed by atoms with Gasteiger partial charge in [0.15, 0.2) is 0 Å². The first kappa shape index (κ1) is 18.9. The molecule has 0 aliphatic heterocycles. The molecule has 0 bridgehead atoms. The number of rotatable bonds is 9. The van der Waals surface area contributed by atoms with Gasteiger partial charge in [-0.2, -0.15) is 0 Å². The molecule has 0 saturated heterocycles. The Labute approximate surface area is 132 Å². The predicted molar refractivity (Wildman–Crippen MR) is 92.9 cm³/mol. The molecule has 3 heteroatoms. The van der Waals surface area contributed by atoms with E-state index in [1.807, 2.05) is 0 Å². The average molecular weight is 298 g/mol. The lowest BCUT2D eigenvalue weighted by Crippen LogP contribution is -2.33. The van der Waals surface area contributed by atoms with Gasteiger partial charge in [0.1, 0.15) is 0 Å². The first-order chi connectivity index (χ1) is 9.90. The summed E-state index contributed by atoms with van der Waals surface area (Å²) in [7, 11) is 0. The van der Waals surface area contributed by atoms with Crippen molar-refractivity contribution < 1.29 is 0 Å². The Kier molecular flexibility index (Phi) is 8.22. The second-order valence-corrected chi connectivity index (χ2v) is 8.13. The molecule has 0 spiro atoms. The van der Waals surface area contributed by atoms with Gasteiger partial charge in [-0.25, -0.2) is 0 Å². The monoisotopic (exact) mass is 297 g/mol. The molecule has 4 unspecified atom stereocenters. The fourth-order valence-corrected chi connectivity index (χ4v) is 4.37. The largest absolute Gasteiger partial charge is 0.330 e. The summed E-state index contributed by atoms with van der Waals surface area (Å²) >= 11 is 0. The zero-order chi connectivity index (χ0) is 15.9. The van der Waals surface area contributed by atoms with E-state index in [0.717, 1.165) is 37.8 Å². The van der Waals surface area contributed by atoms with Crippen molar-refractivity contribution in [2.75, 3.05) is 13.1 Å². The van der Waals surface area contributed by atoms with Crippen LogP contribution >= 0.6 is 0 Å².